The number of nitrogens with one attached hydrogen (secondary N) is 1. The Labute approximate surface area is 93.7 Å². The van der Waals surface area contributed by atoms with E-state index >= 15 is 0 Å². The molecule has 0 bridgehead atoms. The number of hydrogen-bond donors (Lipinski definition) is 1. The molecule has 0 amide bonds. The molecule has 0 aliphatic heterocycles. The molecule has 0 radical (unpaired) electrons. The summed E-state index contributed by atoms with van der Waals surface area (Å²) in [6.07, 6.45) is 1.37. The quantitative estimate of drug-likeness (QED) is 0.801. The molecule has 0 fully saturated rings. The number of aromatic nitrogens is 2. The van der Waals surface area contributed by atoms with Gasteiger partial charge in [0.2, 0.25) is 0 Å². The number of benzene rings is 1. The van der Waals surface area contributed by atoms with E-state index in [1.165, 1.54) is 12.4 Å². The van der Waals surface area contributed by atoms with Crippen molar-refractivity contribution in [1.82, 2.24) is 9.97 Å². The molecule has 1 aromatic carbocycles. The standard InChI is InChI=1S/C12H14FN3/c1-12(2,3)16-11-8-5-4-6-9(13)10(8)14-7-15-11/h4-7H,1-3H3,(H,14,15,16). The lowest BCUT2D eigenvalue weighted by atomic mass is 10.1. The van der Waals surface area contributed by atoms with E-state index in [0.717, 1.165) is 0 Å². The molecule has 1 aromatic heterocycles. The van der Waals surface area contributed by atoms with Crippen LogP contribution in [-0.2, 0) is 0 Å². The van der Waals surface area contributed by atoms with Gasteiger partial charge in [0.1, 0.15) is 23.5 Å². The third kappa shape index (κ3) is 2.10. The Kier molecular flexibility index (Phi) is 2.50. The van der Waals surface area contributed by atoms with Crippen LogP contribution in [0, 0.1) is 5.82 Å². The summed E-state index contributed by atoms with van der Waals surface area (Å²) in [5.41, 5.74) is 0.234. The Morgan fingerprint density at radius 1 is 1.19 bits per heavy atom. The van der Waals surface area contributed by atoms with E-state index in [1.807, 2.05) is 26.8 Å². The molecule has 0 saturated heterocycles. The van der Waals surface area contributed by atoms with Crippen LogP contribution in [0.4, 0.5) is 10.2 Å². The third-order valence-electron chi connectivity index (χ3n) is 2.11. The van der Waals surface area contributed by atoms with Gasteiger partial charge in [0.05, 0.1) is 0 Å². The van der Waals surface area contributed by atoms with E-state index in [4.69, 9.17) is 0 Å². The molecule has 1 heterocycles. The monoisotopic (exact) mass is 219 g/mol. The summed E-state index contributed by atoms with van der Waals surface area (Å²) in [7, 11) is 0. The molecule has 2 rings (SSSR count). The van der Waals surface area contributed by atoms with Crippen molar-refractivity contribution in [2.45, 2.75) is 26.3 Å². The first-order chi connectivity index (χ1) is 7.47. The number of fused-ring (bicyclic) bond motifs is 1. The summed E-state index contributed by atoms with van der Waals surface area (Å²) >= 11 is 0. The third-order valence-corrected chi connectivity index (χ3v) is 2.11. The van der Waals surface area contributed by atoms with Gasteiger partial charge in [-0.2, -0.15) is 0 Å². The first-order valence-electron chi connectivity index (χ1n) is 5.15. The fourth-order valence-electron chi connectivity index (χ4n) is 1.51. The minimum absolute atomic E-state index is 0.117. The van der Waals surface area contributed by atoms with Crippen molar-refractivity contribution in [2.24, 2.45) is 0 Å². The van der Waals surface area contributed by atoms with E-state index in [9.17, 15) is 4.39 Å². The Bertz CT molecular complexity index is 517. The van der Waals surface area contributed by atoms with Crippen LogP contribution < -0.4 is 5.32 Å². The molecule has 1 N–H and O–H groups in total. The number of hydrogen-bond acceptors (Lipinski definition) is 3. The van der Waals surface area contributed by atoms with Crippen molar-refractivity contribution in [2.75, 3.05) is 5.32 Å². The summed E-state index contributed by atoms with van der Waals surface area (Å²) in [5, 5.41) is 3.94. The lowest BCUT2D eigenvalue weighted by Crippen LogP contribution is -2.26. The summed E-state index contributed by atoms with van der Waals surface area (Å²) in [6, 6.07) is 4.87. The minimum Gasteiger partial charge on any atom is -0.365 e. The van der Waals surface area contributed by atoms with Crippen molar-refractivity contribution >= 4 is 16.7 Å². The molecular weight excluding hydrogens is 205 g/mol. The van der Waals surface area contributed by atoms with Crippen molar-refractivity contribution in [1.29, 1.82) is 0 Å². The summed E-state index contributed by atoms with van der Waals surface area (Å²) in [4.78, 5) is 8.09. The lowest BCUT2D eigenvalue weighted by Gasteiger charge is -2.22. The van der Waals surface area contributed by atoms with E-state index in [2.05, 4.69) is 15.3 Å². The average molecular weight is 219 g/mol. The zero-order valence-corrected chi connectivity index (χ0v) is 9.58. The molecule has 0 aliphatic carbocycles. The van der Waals surface area contributed by atoms with Gasteiger partial charge < -0.3 is 5.32 Å². The fourth-order valence-corrected chi connectivity index (χ4v) is 1.51. The van der Waals surface area contributed by atoms with E-state index in [0.29, 0.717) is 16.7 Å². The van der Waals surface area contributed by atoms with Crippen molar-refractivity contribution in [3.8, 4) is 0 Å². The number of para-hydroxylation sites is 1. The normalized spacial score (nSPS) is 11.8. The predicted octanol–water partition coefficient (Wildman–Crippen LogP) is 2.98. The van der Waals surface area contributed by atoms with Crippen molar-refractivity contribution < 1.29 is 4.39 Å². The predicted molar refractivity (Wildman–Crippen MR) is 62.9 cm³/mol. The van der Waals surface area contributed by atoms with Gasteiger partial charge in [-0.1, -0.05) is 6.07 Å². The minimum atomic E-state index is -0.322. The second-order valence-electron chi connectivity index (χ2n) is 4.73. The first-order valence-corrected chi connectivity index (χ1v) is 5.15. The maximum absolute atomic E-state index is 13.5. The molecular formula is C12H14FN3. The van der Waals surface area contributed by atoms with E-state index in [1.54, 1.807) is 6.07 Å². The van der Waals surface area contributed by atoms with Gasteiger partial charge in [-0.25, -0.2) is 14.4 Å². The molecule has 3 nitrogen and oxygen atoms in total. The highest BCUT2D eigenvalue weighted by atomic mass is 19.1. The number of anilines is 1. The number of nitrogens with zero attached hydrogens (tertiary/aromatic N) is 2. The van der Waals surface area contributed by atoms with Gasteiger partial charge in [0, 0.05) is 10.9 Å². The Hall–Kier alpha value is -1.71. The van der Waals surface area contributed by atoms with Crippen LogP contribution in [0.25, 0.3) is 10.9 Å². The highest BCUT2D eigenvalue weighted by Crippen LogP contribution is 2.23. The van der Waals surface area contributed by atoms with Gasteiger partial charge in [0.15, 0.2) is 0 Å². The van der Waals surface area contributed by atoms with Crippen LogP contribution in [-0.4, -0.2) is 15.5 Å². The molecule has 4 heteroatoms. The van der Waals surface area contributed by atoms with Crippen molar-refractivity contribution in [3.05, 3.63) is 30.3 Å². The first kappa shape index (κ1) is 10.8. The lowest BCUT2D eigenvalue weighted by molar-refractivity contribution is 0.628. The summed E-state index contributed by atoms with van der Waals surface area (Å²) < 4.78 is 13.5. The highest BCUT2D eigenvalue weighted by Gasteiger charge is 2.13. The van der Waals surface area contributed by atoms with Crippen LogP contribution in [0.3, 0.4) is 0 Å². The molecule has 0 saturated carbocycles. The van der Waals surface area contributed by atoms with Gasteiger partial charge in [-0.05, 0) is 32.9 Å². The Morgan fingerprint density at radius 2 is 1.94 bits per heavy atom. The van der Waals surface area contributed by atoms with E-state index in [-0.39, 0.29) is 11.4 Å². The number of halogens is 1. The summed E-state index contributed by atoms with van der Waals surface area (Å²) in [6.45, 7) is 6.08. The van der Waals surface area contributed by atoms with Gasteiger partial charge in [-0.15, -0.1) is 0 Å². The Balaban J connectivity index is 2.58. The molecule has 84 valence electrons. The van der Waals surface area contributed by atoms with Gasteiger partial charge in [0.25, 0.3) is 0 Å². The SMILES string of the molecule is CC(C)(C)Nc1ncnc2c(F)cccc12. The van der Waals surface area contributed by atoms with Crippen LogP contribution in [0.15, 0.2) is 24.5 Å². The Morgan fingerprint density at radius 3 is 2.62 bits per heavy atom. The molecule has 2 aromatic rings. The summed E-state index contributed by atoms with van der Waals surface area (Å²) in [5.74, 6) is 0.342. The second kappa shape index (κ2) is 3.70. The average Bonchev–Trinajstić information content (AvgIpc) is 2.17. The molecule has 0 aliphatic rings. The largest absolute Gasteiger partial charge is 0.365 e. The molecule has 0 unspecified atom stereocenters. The molecule has 0 atom stereocenters. The highest BCUT2D eigenvalue weighted by molar-refractivity contribution is 5.89. The van der Waals surface area contributed by atoms with Crippen LogP contribution >= 0.6 is 0 Å². The zero-order valence-electron chi connectivity index (χ0n) is 9.58. The van der Waals surface area contributed by atoms with Crippen molar-refractivity contribution in [3.63, 3.8) is 0 Å². The van der Waals surface area contributed by atoms with Crippen LogP contribution in [0.5, 0.6) is 0 Å². The zero-order chi connectivity index (χ0) is 11.8. The van der Waals surface area contributed by atoms with E-state index < -0.39 is 0 Å². The fraction of sp³-hybridized carbons (Fsp3) is 0.333. The topological polar surface area (TPSA) is 37.8 Å². The van der Waals surface area contributed by atoms with Crippen LogP contribution in [0.2, 0.25) is 0 Å². The maximum atomic E-state index is 13.5. The van der Waals surface area contributed by atoms with Gasteiger partial charge in [-0.3, -0.25) is 0 Å². The molecule has 0 spiro atoms. The number of rotatable bonds is 1. The second-order valence-corrected chi connectivity index (χ2v) is 4.73. The molecule has 16 heavy (non-hydrogen) atoms. The maximum Gasteiger partial charge on any atom is 0.149 e. The smallest absolute Gasteiger partial charge is 0.149 e. The van der Waals surface area contributed by atoms with Gasteiger partial charge >= 0.3 is 0 Å². The van der Waals surface area contributed by atoms with Crippen LogP contribution in [0.1, 0.15) is 20.8 Å².